The summed E-state index contributed by atoms with van der Waals surface area (Å²) in [7, 11) is 0. The highest BCUT2D eigenvalue weighted by Crippen LogP contribution is 2.31. The molecule has 0 aliphatic heterocycles. The van der Waals surface area contributed by atoms with Gasteiger partial charge in [0.15, 0.2) is 11.4 Å². The van der Waals surface area contributed by atoms with Gasteiger partial charge in [-0.1, -0.05) is 24.3 Å². The van der Waals surface area contributed by atoms with E-state index in [0.29, 0.717) is 0 Å². The molecule has 3 aromatic rings. The highest BCUT2D eigenvalue weighted by atomic mass is 19.1. The normalized spacial score (nSPS) is 10.6. The summed E-state index contributed by atoms with van der Waals surface area (Å²) >= 11 is 0. The van der Waals surface area contributed by atoms with Crippen LogP contribution in [0.15, 0.2) is 57.7 Å². The third-order valence-corrected chi connectivity index (χ3v) is 3.13. The number of carbonyl (C=O) groups is 1. The quantitative estimate of drug-likeness (QED) is 0.713. The van der Waals surface area contributed by atoms with Crippen molar-refractivity contribution in [3.8, 4) is 5.75 Å². The number of fused-ring (bicyclic) bond motifs is 1. The molecule has 2 N–H and O–H groups in total. The van der Waals surface area contributed by atoms with Crippen molar-refractivity contribution in [2.45, 2.75) is 0 Å². The number of benzene rings is 2. The molecular formula is C16H10FNO4. The second-order valence-electron chi connectivity index (χ2n) is 4.55. The molecule has 0 atom stereocenters. The second kappa shape index (κ2) is 5.33. The van der Waals surface area contributed by atoms with Gasteiger partial charge in [0.2, 0.25) is 0 Å². The second-order valence-corrected chi connectivity index (χ2v) is 4.55. The molecule has 0 aliphatic rings. The average molecular weight is 299 g/mol. The molecule has 0 aliphatic carbocycles. The molecule has 22 heavy (non-hydrogen) atoms. The summed E-state index contributed by atoms with van der Waals surface area (Å²) in [5.41, 5.74) is -1.26. The number of rotatable bonds is 2. The third-order valence-electron chi connectivity index (χ3n) is 3.13. The van der Waals surface area contributed by atoms with Crippen LogP contribution in [-0.4, -0.2) is 11.0 Å². The molecule has 0 fully saturated rings. The maximum absolute atomic E-state index is 13.8. The van der Waals surface area contributed by atoms with Crippen LogP contribution in [0.4, 0.5) is 10.1 Å². The fourth-order valence-corrected chi connectivity index (χ4v) is 2.08. The monoisotopic (exact) mass is 299 g/mol. The van der Waals surface area contributed by atoms with Gasteiger partial charge in [-0.3, -0.25) is 4.79 Å². The van der Waals surface area contributed by atoms with Crippen molar-refractivity contribution in [2.24, 2.45) is 0 Å². The van der Waals surface area contributed by atoms with Gasteiger partial charge in [0.25, 0.3) is 5.91 Å². The Morgan fingerprint density at radius 1 is 1.09 bits per heavy atom. The van der Waals surface area contributed by atoms with Crippen LogP contribution in [0.5, 0.6) is 5.75 Å². The molecule has 6 heteroatoms. The Bertz CT molecular complexity index is 919. The van der Waals surface area contributed by atoms with E-state index in [0.717, 1.165) is 6.07 Å². The summed E-state index contributed by atoms with van der Waals surface area (Å²) in [5, 5.41) is 12.1. The van der Waals surface area contributed by atoms with E-state index in [1.807, 2.05) is 0 Å². The van der Waals surface area contributed by atoms with Gasteiger partial charge in [-0.15, -0.1) is 0 Å². The Hall–Kier alpha value is -3.15. The predicted octanol–water partition coefficient (Wildman–Crippen LogP) is 2.89. The van der Waals surface area contributed by atoms with Crippen molar-refractivity contribution >= 4 is 22.6 Å². The highest BCUT2D eigenvalue weighted by Gasteiger charge is 2.19. The molecule has 1 heterocycles. The lowest BCUT2D eigenvalue weighted by Gasteiger charge is -2.08. The molecule has 110 valence electrons. The largest absolute Gasteiger partial charge is 0.505 e. The Morgan fingerprint density at radius 3 is 2.55 bits per heavy atom. The fraction of sp³-hybridized carbons (Fsp3) is 0. The summed E-state index contributed by atoms with van der Waals surface area (Å²) in [6, 6.07) is 11.9. The zero-order valence-corrected chi connectivity index (χ0v) is 11.2. The summed E-state index contributed by atoms with van der Waals surface area (Å²) in [4.78, 5) is 23.9. The van der Waals surface area contributed by atoms with Gasteiger partial charge >= 0.3 is 5.63 Å². The van der Waals surface area contributed by atoms with Crippen LogP contribution in [0.1, 0.15) is 10.4 Å². The van der Waals surface area contributed by atoms with Gasteiger partial charge in [-0.2, -0.15) is 0 Å². The van der Waals surface area contributed by atoms with Crippen molar-refractivity contribution in [3.63, 3.8) is 0 Å². The number of hydrogen-bond donors (Lipinski definition) is 2. The number of amides is 1. The first-order valence-corrected chi connectivity index (χ1v) is 6.38. The predicted molar refractivity (Wildman–Crippen MR) is 78.5 cm³/mol. The molecule has 0 spiro atoms. The molecule has 0 saturated heterocycles. The van der Waals surface area contributed by atoms with Crippen LogP contribution in [0.25, 0.3) is 11.0 Å². The highest BCUT2D eigenvalue weighted by molar-refractivity contribution is 6.06. The van der Waals surface area contributed by atoms with Crippen LogP contribution in [0.3, 0.4) is 0 Å². The minimum Gasteiger partial charge on any atom is -0.505 e. The number of hydrogen-bond acceptors (Lipinski definition) is 4. The first-order valence-electron chi connectivity index (χ1n) is 6.38. The zero-order valence-electron chi connectivity index (χ0n) is 11.2. The smallest absolute Gasteiger partial charge is 0.364 e. The minimum absolute atomic E-state index is 0.0970. The standard InChI is InChI=1S/C16H10FNO4/c17-10-7-4-8-11-12(10)14(19)13(16(21)22-11)18-15(20)9-5-2-1-3-6-9/h1-8,19H,(H,18,20). The lowest BCUT2D eigenvalue weighted by Crippen LogP contribution is -2.18. The minimum atomic E-state index is -0.958. The van der Waals surface area contributed by atoms with Gasteiger partial charge in [-0.25, -0.2) is 9.18 Å². The van der Waals surface area contributed by atoms with E-state index in [1.54, 1.807) is 18.2 Å². The van der Waals surface area contributed by atoms with E-state index in [1.165, 1.54) is 24.3 Å². The number of halogens is 1. The summed E-state index contributed by atoms with van der Waals surface area (Å²) in [6.45, 7) is 0. The maximum Gasteiger partial charge on any atom is 0.364 e. The molecule has 5 nitrogen and oxygen atoms in total. The van der Waals surface area contributed by atoms with Crippen molar-refractivity contribution in [1.29, 1.82) is 0 Å². The van der Waals surface area contributed by atoms with Crippen LogP contribution in [0.2, 0.25) is 0 Å². The Kier molecular flexibility index (Phi) is 3.34. The van der Waals surface area contributed by atoms with E-state index >= 15 is 0 Å². The summed E-state index contributed by atoms with van der Waals surface area (Å²) in [5.74, 6) is -2.03. The summed E-state index contributed by atoms with van der Waals surface area (Å²) < 4.78 is 18.7. The molecule has 1 amide bonds. The molecule has 0 unspecified atom stereocenters. The van der Waals surface area contributed by atoms with E-state index in [4.69, 9.17) is 4.42 Å². The Morgan fingerprint density at radius 2 is 1.82 bits per heavy atom. The van der Waals surface area contributed by atoms with Gasteiger partial charge < -0.3 is 14.8 Å². The van der Waals surface area contributed by atoms with E-state index < -0.39 is 28.8 Å². The fourth-order valence-electron chi connectivity index (χ4n) is 2.08. The molecule has 0 saturated carbocycles. The molecule has 0 bridgehead atoms. The maximum atomic E-state index is 13.8. The lowest BCUT2D eigenvalue weighted by atomic mass is 10.1. The van der Waals surface area contributed by atoms with E-state index in [9.17, 15) is 19.1 Å². The van der Waals surface area contributed by atoms with Crippen LogP contribution in [0, 0.1) is 5.82 Å². The number of aromatic hydroxyl groups is 1. The van der Waals surface area contributed by atoms with Crippen molar-refractivity contribution in [2.75, 3.05) is 5.32 Å². The lowest BCUT2D eigenvalue weighted by molar-refractivity contribution is 0.102. The van der Waals surface area contributed by atoms with Gasteiger partial charge in [-0.05, 0) is 24.3 Å². The van der Waals surface area contributed by atoms with Gasteiger partial charge in [0.05, 0.1) is 5.39 Å². The molecule has 2 aromatic carbocycles. The Balaban J connectivity index is 2.10. The number of carbonyl (C=O) groups excluding carboxylic acids is 1. The first kappa shape index (κ1) is 13.8. The Labute approximate surface area is 123 Å². The van der Waals surface area contributed by atoms with Crippen molar-refractivity contribution < 1.29 is 18.7 Å². The van der Waals surface area contributed by atoms with Crippen LogP contribution in [-0.2, 0) is 0 Å². The van der Waals surface area contributed by atoms with E-state index in [2.05, 4.69) is 5.32 Å². The SMILES string of the molecule is O=C(Nc1c(O)c2c(F)cccc2oc1=O)c1ccccc1. The molecule has 1 aromatic heterocycles. The van der Waals surface area contributed by atoms with Crippen molar-refractivity contribution in [3.05, 3.63) is 70.3 Å². The van der Waals surface area contributed by atoms with Gasteiger partial charge in [0, 0.05) is 5.56 Å². The average Bonchev–Trinajstić information content (AvgIpc) is 2.52. The molecule has 3 rings (SSSR count). The molecule has 0 radical (unpaired) electrons. The summed E-state index contributed by atoms with van der Waals surface area (Å²) in [6.07, 6.45) is 0. The molecular weight excluding hydrogens is 289 g/mol. The first-order chi connectivity index (χ1) is 10.6. The zero-order chi connectivity index (χ0) is 15.7. The van der Waals surface area contributed by atoms with Gasteiger partial charge in [0.1, 0.15) is 11.4 Å². The number of nitrogens with one attached hydrogen (secondary N) is 1. The topological polar surface area (TPSA) is 79.5 Å². The van der Waals surface area contributed by atoms with E-state index in [-0.39, 0.29) is 16.5 Å². The third kappa shape index (κ3) is 2.31. The van der Waals surface area contributed by atoms with Crippen molar-refractivity contribution in [1.82, 2.24) is 0 Å². The van der Waals surface area contributed by atoms with Crippen LogP contribution < -0.4 is 10.9 Å². The van der Waals surface area contributed by atoms with Crippen LogP contribution >= 0.6 is 0 Å². The number of anilines is 1.